The van der Waals surface area contributed by atoms with Gasteiger partial charge in [-0.1, -0.05) is 30.4 Å². The monoisotopic (exact) mass is 376 g/mol. The van der Waals surface area contributed by atoms with Gasteiger partial charge in [0.1, 0.15) is 18.0 Å². The molecule has 28 heavy (non-hydrogen) atoms. The average Bonchev–Trinajstić information content (AvgIpc) is 2.95. The molecular weight excluding hydrogens is 356 g/mol. The second-order valence-electron chi connectivity index (χ2n) is 6.91. The predicted molar refractivity (Wildman–Crippen MR) is 104 cm³/mol. The van der Waals surface area contributed by atoms with Gasteiger partial charge in [-0.2, -0.15) is 0 Å². The number of fused-ring (bicyclic) bond motifs is 1. The Morgan fingerprint density at radius 1 is 0.893 bits per heavy atom. The third kappa shape index (κ3) is 3.67. The second kappa shape index (κ2) is 7.68. The molecule has 6 nitrogen and oxygen atoms in total. The van der Waals surface area contributed by atoms with Gasteiger partial charge in [0.15, 0.2) is 0 Å². The smallest absolute Gasteiger partial charge is 0.244 e. The van der Waals surface area contributed by atoms with Crippen molar-refractivity contribution in [1.29, 1.82) is 0 Å². The molecule has 4 rings (SSSR count). The summed E-state index contributed by atoms with van der Waals surface area (Å²) in [4.78, 5) is 38.3. The number of imide groups is 1. The Morgan fingerprint density at radius 2 is 1.46 bits per heavy atom. The van der Waals surface area contributed by atoms with Crippen LogP contribution in [0.3, 0.4) is 0 Å². The van der Waals surface area contributed by atoms with Crippen molar-refractivity contribution in [1.82, 2.24) is 4.90 Å². The van der Waals surface area contributed by atoms with E-state index < -0.39 is 5.91 Å². The van der Waals surface area contributed by atoms with Crippen LogP contribution < -0.4 is 10.1 Å². The number of amides is 3. The molecule has 0 bridgehead atoms. The zero-order valence-electron chi connectivity index (χ0n) is 15.2. The SMILES string of the molecule is O=C(CN1C(=O)[C@H]2CC=CC[C@H]2C1=O)Nc1ccc(Oc2ccccc2)cc1. The van der Waals surface area contributed by atoms with Gasteiger partial charge < -0.3 is 10.1 Å². The van der Waals surface area contributed by atoms with Gasteiger partial charge in [-0.15, -0.1) is 0 Å². The number of likely N-dealkylation sites (tertiary alicyclic amines) is 1. The first-order valence-corrected chi connectivity index (χ1v) is 9.25. The van der Waals surface area contributed by atoms with Gasteiger partial charge in [0, 0.05) is 5.69 Å². The summed E-state index contributed by atoms with van der Waals surface area (Å²) < 4.78 is 5.71. The number of hydrogen-bond donors (Lipinski definition) is 1. The molecule has 2 atom stereocenters. The summed E-state index contributed by atoms with van der Waals surface area (Å²) in [5, 5.41) is 2.73. The van der Waals surface area contributed by atoms with Gasteiger partial charge in [-0.05, 0) is 49.2 Å². The molecule has 6 heteroatoms. The molecule has 142 valence electrons. The van der Waals surface area contributed by atoms with Crippen LogP contribution in [-0.4, -0.2) is 29.2 Å². The van der Waals surface area contributed by atoms with Crippen LogP contribution in [0, 0.1) is 11.8 Å². The summed E-state index contributed by atoms with van der Waals surface area (Å²) >= 11 is 0. The molecule has 1 saturated heterocycles. The average molecular weight is 376 g/mol. The van der Waals surface area contributed by atoms with E-state index in [0.29, 0.717) is 24.3 Å². The maximum absolute atomic E-state index is 12.4. The van der Waals surface area contributed by atoms with Crippen LogP contribution in [0.15, 0.2) is 66.7 Å². The molecular formula is C22H20N2O4. The molecule has 1 N–H and O–H groups in total. The molecule has 2 aromatic carbocycles. The highest BCUT2D eigenvalue weighted by Crippen LogP contribution is 2.34. The van der Waals surface area contributed by atoms with E-state index in [4.69, 9.17) is 4.74 Å². The largest absolute Gasteiger partial charge is 0.457 e. The summed E-state index contributed by atoms with van der Waals surface area (Å²) in [5.41, 5.74) is 0.573. The van der Waals surface area contributed by atoms with Crippen molar-refractivity contribution in [2.45, 2.75) is 12.8 Å². The van der Waals surface area contributed by atoms with Crippen LogP contribution in [0.4, 0.5) is 5.69 Å². The minimum absolute atomic E-state index is 0.249. The lowest BCUT2D eigenvalue weighted by molar-refractivity contribution is -0.142. The normalized spacial score (nSPS) is 20.8. The molecule has 2 aliphatic rings. The van der Waals surface area contributed by atoms with Crippen LogP contribution in [0.1, 0.15) is 12.8 Å². The van der Waals surface area contributed by atoms with Crippen LogP contribution >= 0.6 is 0 Å². The molecule has 1 aliphatic carbocycles. The Kier molecular flexibility index (Phi) is 4.93. The van der Waals surface area contributed by atoms with E-state index in [1.807, 2.05) is 42.5 Å². The zero-order chi connectivity index (χ0) is 19.5. The summed E-state index contributed by atoms with van der Waals surface area (Å²) in [6, 6.07) is 16.3. The number of allylic oxidation sites excluding steroid dienone is 2. The van der Waals surface area contributed by atoms with Gasteiger partial charge >= 0.3 is 0 Å². The molecule has 0 saturated carbocycles. The predicted octanol–water partition coefficient (Wildman–Crippen LogP) is 3.37. The number of rotatable bonds is 5. The van der Waals surface area contributed by atoms with Gasteiger partial charge in [0.2, 0.25) is 17.7 Å². The minimum atomic E-state index is -0.398. The molecule has 0 aromatic heterocycles. The van der Waals surface area contributed by atoms with Crippen molar-refractivity contribution in [3.05, 3.63) is 66.7 Å². The molecule has 0 unspecified atom stereocenters. The number of carbonyl (C=O) groups excluding carboxylic acids is 3. The van der Waals surface area contributed by atoms with Gasteiger partial charge in [0.25, 0.3) is 0 Å². The Bertz CT molecular complexity index is 895. The molecule has 0 spiro atoms. The van der Waals surface area contributed by atoms with Gasteiger partial charge in [-0.25, -0.2) is 0 Å². The van der Waals surface area contributed by atoms with E-state index >= 15 is 0 Å². The van der Waals surface area contributed by atoms with Crippen LogP contribution in [-0.2, 0) is 14.4 Å². The number of nitrogens with one attached hydrogen (secondary N) is 1. The third-order valence-corrected chi connectivity index (χ3v) is 5.02. The number of hydrogen-bond acceptors (Lipinski definition) is 4. The Hall–Kier alpha value is -3.41. The molecule has 3 amide bonds. The molecule has 1 aliphatic heterocycles. The van der Waals surface area contributed by atoms with Crippen LogP contribution in [0.25, 0.3) is 0 Å². The fourth-order valence-corrected chi connectivity index (χ4v) is 3.60. The minimum Gasteiger partial charge on any atom is -0.457 e. The first kappa shape index (κ1) is 18.0. The Balaban J connectivity index is 1.35. The summed E-state index contributed by atoms with van der Waals surface area (Å²) in [7, 11) is 0. The second-order valence-corrected chi connectivity index (χ2v) is 6.91. The van der Waals surface area contributed by atoms with E-state index in [1.165, 1.54) is 0 Å². The standard InChI is InChI=1S/C22H20N2O4/c25-20(14-24-21(26)18-8-4-5-9-19(18)22(24)27)23-15-10-12-17(13-11-15)28-16-6-2-1-3-7-16/h1-7,10-13,18-19H,8-9,14H2,(H,23,25)/t18-,19+. The lowest BCUT2D eigenvalue weighted by Gasteiger charge is -2.14. The molecule has 2 aromatic rings. The lowest BCUT2D eigenvalue weighted by Crippen LogP contribution is -2.38. The number of nitrogens with zero attached hydrogens (tertiary/aromatic N) is 1. The topological polar surface area (TPSA) is 75.7 Å². The van der Waals surface area contributed by atoms with Gasteiger partial charge in [0.05, 0.1) is 11.8 Å². The van der Waals surface area contributed by atoms with Crippen molar-refractivity contribution in [3.63, 3.8) is 0 Å². The number of ether oxygens (including phenoxy) is 1. The van der Waals surface area contributed by atoms with Crippen LogP contribution in [0.2, 0.25) is 0 Å². The number of para-hydroxylation sites is 1. The van der Waals surface area contributed by atoms with E-state index in [0.717, 1.165) is 10.6 Å². The van der Waals surface area contributed by atoms with E-state index in [1.54, 1.807) is 24.3 Å². The van der Waals surface area contributed by atoms with Crippen molar-refractivity contribution < 1.29 is 19.1 Å². The third-order valence-electron chi connectivity index (χ3n) is 5.02. The summed E-state index contributed by atoms with van der Waals surface area (Å²) in [6.07, 6.45) is 4.98. The Morgan fingerprint density at radius 3 is 2.07 bits per heavy atom. The zero-order valence-corrected chi connectivity index (χ0v) is 15.2. The maximum atomic E-state index is 12.4. The van der Waals surface area contributed by atoms with Gasteiger partial charge in [-0.3, -0.25) is 19.3 Å². The Labute approximate surface area is 162 Å². The fraction of sp³-hybridized carbons (Fsp3) is 0.227. The lowest BCUT2D eigenvalue weighted by atomic mass is 9.85. The van der Waals surface area contributed by atoms with Crippen molar-refractivity contribution in [3.8, 4) is 11.5 Å². The van der Waals surface area contributed by atoms with Crippen molar-refractivity contribution >= 4 is 23.4 Å². The van der Waals surface area contributed by atoms with Crippen molar-refractivity contribution in [2.24, 2.45) is 11.8 Å². The molecule has 0 radical (unpaired) electrons. The van der Waals surface area contributed by atoms with Crippen LogP contribution in [0.5, 0.6) is 11.5 Å². The molecule has 1 heterocycles. The van der Waals surface area contributed by atoms with Crippen molar-refractivity contribution in [2.75, 3.05) is 11.9 Å². The molecule has 1 fully saturated rings. The fourth-order valence-electron chi connectivity index (χ4n) is 3.60. The van der Waals surface area contributed by atoms with E-state index in [-0.39, 0.29) is 30.2 Å². The number of carbonyl (C=O) groups is 3. The van der Waals surface area contributed by atoms with E-state index in [2.05, 4.69) is 5.32 Å². The number of anilines is 1. The summed E-state index contributed by atoms with van der Waals surface area (Å²) in [6.45, 7) is -0.257. The highest BCUT2D eigenvalue weighted by atomic mass is 16.5. The first-order valence-electron chi connectivity index (χ1n) is 9.25. The summed E-state index contributed by atoms with van der Waals surface area (Å²) in [5.74, 6) is -0.168. The maximum Gasteiger partial charge on any atom is 0.244 e. The number of benzene rings is 2. The highest BCUT2D eigenvalue weighted by molar-refractivity contribution is 6.08. The quantitative estimate of drug-likeness (QED) is 0.641. The highest BCUT2D eigenvalue weighted by Gasteiger charge is 2.47. The van der Waals surface area contributed by atoms with E-state index in [9.17, 15) is 14.4 Å². The first-order chi connectivity index (χ1) is 13.6.